The molecular weight excluding hydrogens is 304 g/mol. The molecular formula is C11H14N2O3S3. The molecule has 0 fully saturated rings. The van der Waals surface area contributed by atoms with Crippen LogP contribution in [0.2, 0.25) is 0 Å². The molecule has 0 saturated heterocycles. The van der Waals surface area contributed by atoms with Crippen LogP contribution in [0, 0.1) is 0 Å². The number of hydrogen-bond acceptors (Lipinski definition) is 6. The minimum absolute atomic E-state index is 0.112. The summed E-state index contributed by atoms with van der Waals surface area (Å²) >= 11 is 2.47. The van der Waals surface area contributed by atoms with Gasteiger partial charge in [-0.25, -0.2) is 13.4 Å². The highest BCUT2D eigenvalue weighted by molar-refractivity contribution is 7.93. The highest BCUT2D eigenvalue weighted by Crippen LogP contribution is 2.27. The van der Waals surface area contributed by atoms with Crippen LogP contribution >= 0.6 is 22.7 Å². The average Bonchev–Trinajstić information content (AvgIpc) is 2.95. The molecule has 0 atom stereocenters. The van der Waals surface area contributed by atoms with E-state index in [9.17, 15) is 8.42 Å². The number of aliphatic hydroxyl groups is 1. The van der Waals surface area contributed by atoms with Gasteiger partial charge in [0.15, 0.2) is 5.13 Å². The first-order valence-corrected chi connectivity index (χ1v) is 8.83. The third-order valence-electron chi connectivity index (χ3n) is 2.47. The van der Waals surface area contributed by atoms with E-state index in [0.717, 1.165) is 5.69 Å². The van der Waals surface area contributed by atoms with Crippen molar-refractivity contribution < 1.29 is 13.5 Å². The molecule has 0 aromatic carbocycles. The number of thiazole rings is 1. The SMILES string of the molecule is CC(C)c1csc(NS(=O)(=O)c2ccsc2CO)n1. The third kappa shape index (κ3) is 3.14. The van der Waals surface area contributed by atoms with Gasteiger partial charge in [0.2, 0.25) is 0 Å². The van der Waals surface area contributed by atoms with Crippen molar-refractivity contribution >= 4 is 37.8 Å². The van der Waals surface area contributed by atoms with Crippen molar-refractivity contribution in [3.05, 3.63) is 27.4 Å². The summed E-state index contributed by atoms with van der Waals surface area (Å²) in [6.07, 6.45) is 0. The number of sulfonamides is 1. The molecule has 0 aliphatic carbocycles. The summed E-state index contributed by atoms with van der Waals surface area (Å²) in [5.74, 6) is 0.253. The quantitative estimate of drug-likeness (QED) is 0.888. The Morgan fingerprint density at radius 3 is 2.74 bits per heavy atom. The lowest BCUT2D eigenvalue weighted by molar-refractivity contribution is 0.282. The fourth-order valence-electron chi connectivity index (χ4n) is 1.45. The van der Waals surface area contributed by atoms with Crippen LogP contribution in [0.1, 0.15) is 30.3 Å². The van der Waals surface area contributed by atoms with Crippen LogP contribution in [0.3, 0.4) is 0 Å². The molecule has 104 valence electrons. The first kappa shape index (κ1) is 14.4. The van der Waals surface area contributed by atoms with E-state index < -0.39 is 10.0 Å². The van der Waals surface area contributed by atoms with Crippen molar-refractivity contribution in [1.82, 2.24) is 4.98 Å². The highest BCUT2D eigenvalue weighted by Gasteiger charge is 2.21. The molecule has 0 bridgehead atoms. The van der Waals surface area contributed by atoms with Gasteiger partial charge in [-0.3, -0.25) is 4.72 Å². The van der Waals surface area contributed by atoms with Crippen molar-refractivity contribution in [2.24, 2.45) is 0 Å². The molecule has 2 aromatic rings. The second-order valence-corrected chi connectivity index (χ2v) is 7.71. The lowest BCUT2D eigenvalue weighted by atomic mass is 10.2. The Morgan fingerprint density at radius 1 is 1.42 bits per heavy atom. The number of aromatic nitrogens is 1. The van der Waals surface area contributed by atoms with E-state index in [1.807, 2.05) is 19.2 Å². The Hall–Kier alpha value is -0.960. The van der Waals surface area contributed by atoms with Crippen molar-refractivity contribution in [3.8, 4) is 0 Å². The summed E-state index contributed by atoms with van der Waals surface area (Å²) < 4.78 is 26.8. The minimum atomic E-state index is -3.68. The van der Waals surface area contributed by atoms with Crippen molar-refractivity contribution in [3.63, 3.8) is 0 Å². The molecule has 8 heteroatoms. The zero-order chi connectivity index (χ0) is 14.0. The van der Waals surface area contributed by atoms with Gasteiger partial charge in [-0.1, -0.05) is 13.8 Å². The second-order valence-electron chi connectivity index (χ2n) is 4.20. The summed E-state index contributed by atoms with van der Waals surface area (Å²) in [5.41, 5.74) is 0.857. The average molecular weight is 318 g/mol. The van der Waals surface area contributed by atoms with Crippen LogP contribution < -0.4 is 4.72 Å². The number of hydrogen-bond donors (Lipinski definition) is 2. The summed E-state index contributed by atoms with van der Waals surface area (Å²) in [6, 6.07) is 1.48. The molecule has 5 nitrogen and oxygen atoms in total. The molecule has 2 heterocycles. The molecule has 19 heavy (non-hydrogen) atoms. The largest absolute Gasteiger partial charge is 0.391 e. The van der Waals surface area contributed by atoms with Gasteiger partial charge in [-0.2, -0.15) is 0 Å². The van der Waals surface area contributed by atoms with E-state index in [0.29, 0.717) is 10.0 Å². The molecule has 0 unspecified atom stereocenters. The van der Waals surface area contributed by atoms with E-state index in [-0.39, 0.29) is 17.4 Å². The zero-order valence-corrected chi connectivity index (χ0v) is 12.9. The van der Waals surface area contributed by atoms with Gasteiger partial charge >= 0.3 is 0 Å². The zero-order valence-electron chi connectivity index (χ0n) is 10.5. The molecule has 0 aliphatic heterocycles. The fourth-order valence-corrected chi connectivity index (χ4v) is 4.87. The summed E-state index contributed by atoms with van der Waals surface area (Å²) in [4.78, 5) is 4.77. The molecule has 0 amide bonds. The van der Waals surface area contributed by atoms with Crippen molar-refractivity contribution in [2.75, 3.05) is 4.72 Å². The van der Waals surface area contributed by atoms with Crippen LogP contribution in [0.5, 0.6) is 0 Å². The van der Waals surface area contributed by atoms with Gasteiger partial charge in [0, 0.05) is 5.38 Å². The third-order valence-corrected chi connectivity index (χ3v) is 5.84. The molecule has 2 aromatic heterocycles. The summed E-state index contributed by atoms with van der Waals surface area (Å²) in [7, 11) is -3.68. The smallest absolute Gasteiger partial charge is 0.264 e. The van der Waals surface area contributed by atoms with E-state index >= 15 is 0 Å². The van der Waals surface area contributed by atoms with Crippen LogP contribution in [0.25, 0.3) is 0 Å². The first-order valence-electron chi connectivity index (χ1n) is 5.59. The highest BCUT2D eigenvalue weighted by atomic mass is 32.2. The second kappa shape index (κ2) is 5.58. The van der Waals surface area contributed by atoms with E-state index in [4.69, 9.17) is 5.11 Å². The molecule has 0 saturated carbocycles. The van der Waals surface area contributed by atoms with Crippen LogP contribution in [-0.2, 0) is 16.6 Å². The fraction of sp³-hybridized carbons (Fsp3) is 0.364. The number of aliphatic hydroxyl groups excluding tert-OH is 1. The van der Waals surface area contributed by atoms with Gasteiger partial charge in [0.25, 0.3) is 10.0 Å². The monoisotopic (exact) mass is 318 g/mol. The lowest BCUT2D eigenvalue weighted by Gasteiger charge is -2.05. The number of anilines is 1. The normalized spacial score (nSPS) is 12.0. The van der Waals surface area contributed by atoms with Crippen LogP contribution in [-0.4, -0.2) is 18.5 Å². The summed E-state index contributed by atoms with van der Waals surface area (Å²) in [5, 5.41) is 12.9. The van der Waals surface area contributed by atoms with E-state index in [2.05, 4.69) is 9.71 Å². The Labute approximate surface area is 120 Å². The Morgan fingerprint density at radius 2 is 2.16 bits per heavy atom. The molecule has 2 N–H and O–H groups in total. The molecule has 2 rings (SSSR count). The van der Waals surface area contributed by atoms with Gasteiger partial charge < -0.3 is 5.11 Å². The minimum Gasteiger partial charge on any atom is -0.391 e. The molecule has 0 spiro atoms. The predicted molar refractivity (Wildman–Crippen MR) is 77.3 cm³/mol. The Bertz CT molecular complexity index is 658. The van der Waals surface area contributed by atoms with Gasteiger partial charge in [0.05, 0.1) is 17.2 Å². The summed E-state index contributed by atoms with van der Waals surface area (Å²) in [6.45, 7) is 3.70. The van der Waals surface area contributed by atoms with E-state index in [1.54, 1.807) is 5.38 Å². The molecule has 0 aliphatic rings. The Kier molecular flexibility index (Phi) is 4.24. The van der Waals surface area contributed by atoms with Crippen LogP contribution in [0.4, 0.5) is 5.13 Å². The number of nitrogens with zero attached hydrogens (tertiary/aromatic N) is 1. The van der Waals surface area contributed by atoms with E-state index in [1.165, 1.54) is 28.7 Å². The number of thiophene rings is 1. The maximum Gasteiger partial charge on any atom is 0.264 e. The Balaban J connectivity index is 2.26. The van der Waals surface area contributed by atoms with Gasteiger partial charge in [0.1, 0.15) is 4.90 Å². The molecule has 0 radical (unpaired) electrons. The maximum absolute atomic E-state index is 12.2. The van der Waals surface area contributed by atoms with Gasteiger partial charge in [-0.15, -0.1) is 22.7 Å². The van der Waals surface area contributed by atoms with Crippen LogP contribution in [0.15, 0.2) is 21.7 Å². The first-order chi connectivity index (χ1) is 8.94. The number of nitrogens with one attached hydrogen (secondary N) is 1. The predicted octanol–water partition coefficient (Wildman–Crippen LogP) is 2.62. The van der Waals surface area contributed by atoms with Crippen molar-refractivity contribution in [2.45, 2.75) is 31.3 Å². The standard InChI is InChI=1S/C11H14N2O3S3/c1-7(2)8-6-18-11(12-8)13-19(15,16)10-3-4-17-9(10)5-14/h3-4,6-7,14H,5H2,1-2H3,(H,12,13). The number of rotatable bonds is 5. The van der Waals surface area contributed by atoms with Gasteiger partial charge in [-0.05, 0) is 17.4 Å². The lowest BCUT2D eigenvalue weighted by Crippen LogP contribution is -2.13. The van der Waals surface area contributed by atoms with Crippen molar-refractivity contribution in [1.29, 1.82) is 0 Å². The topological polar surface area (TPSA) is 79.3 Å². The maximum atomic E-state index is 12.2.